The number of alkyl halides is 3. The van der Waals surface area contributed by atoms with Crippen molar-refractivity contribution in [2.24, 2.45) is 0 Å². The van der Waals surface area contributed by atoms with Crippen LogP contribution in [0.15, 0.2) is 54.9 Å². The number of ether oxygens (including phenoxy) is 4. The molecule has 198 valence electrons. The van der Waals surface area contributed by atoms with E-state index >= 15 is 0 Å². The number of pyridine rings is 1. The molecule has 0 saturated carbocycles. The number of anilines is 1. The van der Waals surface area contributed by atoms with Gasteiger partial charge >= 0.3 is 6.36 Å². The van der Waals surface area contributed by atoms with E-state index in [9.17, 15) is 13.2 Å². The van der Waals surface area contributed by atoms with Gasteiger partial charge in [0.1, 0.15) is 5.75 Å². The standard InChI is InChI=1S/C27H30F3N3O4/c1-34-24-13-19(14-25(35-2)26(24)36-3)20-12-18(15-32-16-20)17-33(22-8-10-31-11-9-22)21-4-6-23(7-5-21)37-27(28,29)30/h4-7,12-16,22,31H,8-11,17H2,1-3H3. The molecule has 37 heavy (non-hydrogen) atoms. The molecule has 1 saturated heterocycles. The average Bonchev–Trinajstić information content (AvgIpc) is 2.91. The molecule has 0 atom stereocenters. The molecule has 0 amide bonds. The van der Waals surface area contributed by atoms with Crippen LogP contribution < -0.4 is 29.2 Å². The molecule has 0 aliphatic carbocycles. The fraction of sp³-hybridized carbons (Fsp3) is 0.370. The van der Waals surface area contributed by atoms with Crippen LogP contribution in [0.2, 0.25) is 0 Å². The van der Waals surface area contributed by atoms with Crippen LogP contribution in [0.5, 0.6) is 23.0 Å². The SMILES string of the molecule is COc1cc(-c2cncc(CN(c3ccc(OC(F)(F)F)cc3)C3CCNCC3)c2)cc(OC)c1OC. The second kappa shape index (κ2) is 11.6. The van der Waals surface area contributed by atoms with E-state index < -0.39 is 6.36 Å². The van der Waals surface area contributed by atoms with E-state index in [2.05, 4.69) is 19.9 Å². The molecule has 7 nitrogen and oxygen atoms in total. The van der Waals surface area contributed by atoms with Gasteiger partial charge in [-0.1, -0.05) is 0 Å². The molecule has 3 aromatic rings. The van der Waals surface area contributed by atoms with Crippen LogP contribution in [-0.4, -0.2) is 51.8 Å². The molecule has 0 spiro atoms. The van der Waals surface area contributed by atoms with Crippen molar-refractivity contribution in [3.63, 3.8) is 0 Å². The van der Waals surface area contributed by atoms with Crippen LogP contribution in [0.4, 0.5) is 18.9 Å². The van der Waals surface area contributed by atoms with Gasteiger partial charge in [-0.05, 0) is 79.5 Å². The van der Waals surface area contributed by atoms with Gasteiger partial charge in [0.25, 0.3) is 0 Å². The highest BCUT2D eigenvalue weighted by Gasteiger charge is 2.31. The Kier molecular flexibility index (Phi) is 8.27. The molecule has 2 aromatic carbocycles. The van der Waals surface area contributed by atoms with Crippen LogP contribution in [0.1, 0.15) is 18.4 Å². The van der Waals surface area contributed by atoms with Crippen molar-refractivity contribution in [2.45, 2.75) is 31.8 Å². The quantitative estimate of drug-likeness (QED) is 0.406. The van der Waals surface area contributed by atoms with E-state index in [0.717, 1.165) is 48.3 Å². The number of nitrogens with zero attached hydrogens (tertiary/aromatic N) is 2. The maximum Gasteiger partial charge on any atom is 0.573 e. The third kappa shape index (κ3) is 6.56. The van der Waals surface area contributed by atoms with Gasteiger partial charge in [0.05, 0.1) is 21.3 Å². The molecule has 0 radical (unpaired) electrons. The number of rotatable bonds is 9. The molecule has 1 N–H and O–H groups in total. The normalized spacial score (nSPS) is 14.2. The molecule has 0 unspecified atom stereocenters. The molecular weight excluding hydrogens is 487 g/mol. The lowest BCUT2D eigenvalue weighted by atomic mass is 10.0. The highest BCUT2D eigenvalue weighted by molar-refractivity contribution is 5.71. The minimum absolute atomic E-state index is 0.223. The molecule has 1 aromatic heterocycles. The Bertz CT molecular complexity index is 1160. The van der Waals surface area contributed by atoms with E-state index in [1.54, 1.807) is 45.9 Å². The van der Waals surface area contributed by atoms with E-state index in [-0.39, 0.29) is 11.8 Å². The van der Waals surface area contributed by atoms with Crippen molar-refractivity contribution in [1.29, 1.82) is 0 Å². The fourth-order valence-electron chi connectivity index (χ4n) is 4.57. The van der Waals surface area contributed by atoms with Gasteiger partial charge in [-0.15, -0.1) is 13.2 Å². The summed E-state index contributed by atoms with van der Waals surface area (Å²) in [6, 6.07) is 12.0. The summed E-state index contributed by atoms with van der Waals surface area (Å²) in [7, 11) is 4.69. The van der Waals surface area contributed by atoms with E-state index in [4.69, 9.17) is 14.2 Å². The highest BCUT2D eigenvalue weighted by Crippen LogP contribution is 2.41. The first-order valence-electron chi connectivity index (χ1n) is 11.9. The Morgan fingerprint density at radius 3 is 2.11 bits per heavy atom. The van der Waals surface area contributed by atoms with Gasteiger partial charge in [0.2, 0.25) is 5.75 Å². The molecule has 4 rings (SSSR count). The monoisotopic (exact) mass is 517 g/mol. The summed E-state index contributed by atoms with van der Waals surface area (Å²) < 4.78 is 58.3. The van der Waals surface area contributed by atoms with Gasteiger partial charge in [-0.25, -0.2) is 0 Å². The number of piperidine rings is 1. The molecule has 1 aliphatic rings. The predicted octanol–water partition coefficient (Wildman–Crippen LogP) is 5.43. The second-order valence-electron chi connectivity index (χ2n) is 8.65. The maximum absolute atomic E-state index is 12.6. The Balaban J connectivity index is 1.64. The lowest BCUT2D eigenvalue weighted by molar-refractivity contribution is -0.274. The first-order chi connectivity index (χ1) is 17.8. The summed E-state index contributed by atoms with van der Waals surface area (Å²) in [5.41, 5.74) is 3.50. The number of hydrogen-bond donors (Lipinski definition) is 1. The van der Waals surface area contributed by atoms with E-state index in [1.807, 2.05) is 18.2 Å². The first-order valence-corrected chi connectivity index (χ1v) is 11.9. The van der Waals surface area contributed by atoms with Crippen LogP contribution >= 0.6 is 0 Å². The van der Waals surface area contributed by atoms with Crippen LogP contribution in [0.25, 0.3) is 11.1 Å². The van der Waals surface area contributed by atoms with E-state index in [1.165, 1.54) is 12.1 Å². The van der Waals surface area contributed by atoms with Gasteiger partial charge in [0.15, 0.2) is 11.5 Å². The number of aromatic nitrogens is 1. The number of benzene rings is 2. The van der Waals surface area contributed by atoms with Gasteiger partial charge in [0, 0.05) is 36.2 Å². The van der Waals surface area contributed by atoms with Crippen molar-refractivity contribution in [3.05, 3.63) is 60.4 Å². The summed E-state index contributed by atoms with van der Waals surface area (Å²) in [5, 5.41) is 3.36. The Hall–Kier alpha value is -3.66. The lowest BCUT2D eigenvalue weighted by Crippen LogP contribution is -2.43. The Morgan fingerprint density at radius 2 is 1.54 bits per heavy atom. The molecule has 0 bridgehead atoms. The number of methoxy groups -OCH3 is 3. The summed E-state index contributed by atoms with van der Waals surface area (Å²) in [6.45, 7) is 2.29. The number of hydrogen-bond acceptors (Lipinski definition) is 7. The maximum atomic E-state index is 12.6. The number of nitrogens with one attached hydrogen (secondary N) is 1. The Labute approximate surface area is 214 Å². The average molecular weight is 518 g/mol. The number of halogens is 3. The van der Waals surface area contributed by atoms with E-state index in [0.29, 0.717) is 23.8 Å². The van der Waals surface area contributed by atoms with Crippen molar-refractivity contribution in [1.82, 2.24) is 10.3 Å². The minimum atomic E-state index is -4.73. The van der Waals surface area contributed by atoms with Crippen LogP contribution in [0, 0.1) is 0 Å². The van der Waals surface area contributed by atoms with Gasteiger partial charge in [-0.2, -0.15) is 0 Å². The highest BCUT2D eigenvalue weighted by atomic mass is 19.4. The van der Waals surface area contributed by atoms with Crippen molar-refractivity contribution in [2.75, 3.05) is 39.3 Å². The zero-order valence-electron chi connectivity index (χ0n) is 21.0. The second-order valence-corrected chi connectivity index (χ2v) is 8.65. The third-order valence-corrected chi connectivity index (χ3v) is 6.30. The van der Waals surface area contributed by atoms with Gasteiger partial charge in [-0.3, -0.25) is 4.98 Å². The first kappa shape index (κ1) is 26.4. The minimum Gasteiger partial charge on any atom is -0.493 e. The van der Waals surface area contributed by atoms with Crippen molar-refractivity contribution >= 4 is 5.69 Å². The third-order valence-electron chi connectivity index (χ3n) is 6.30. The molecule has 2 heterocycles. The molecule has 10 heteroatoms. The summed E-state index contributed by atoms with van der Waals surface area (Å²) in [4.78, 5) is 6.68. The summed E-state index contributed by atoms with van der Waals surface area (Å²) in [6.07, 6.45) is 0.676. The van der Waals surface area contributed by atoms with Gasteiger partial charge < -0.3 is 29.2 Å². The molecule has 1 aliphatic heterocycles. The van der Waals surface area contributed by atoms with Crippen molar-refractivity contribution < 1.29 is 32.1 Å². The lowest BCUT2D eigenvalue weighted by Gasteiger charge is -2.36. The summed E-state index contributed by atoms with van der Waals surface area (Å²) in [5.74, 6) is 1.35. The fourth-order valence-corrected chi connectivity index (χ4v) is 4.57. The van der Waals surface area contributed by atoms with Crippen molar-refractivity contribution in [3.8, 4) is 34.1 Å². The largest absolute Gasteiger partial charge is 0.573 e. The van der Waals surface area contributed by atoms with Crippen LogP contribution in [-0.2, 0) is 6.54 Å². The summed E-state index contributed by atoms with van der Waals surface area (Å²) >= 11 is 0. The Morgan fingerprint density at radius 1 is 0.892 bits per heavy atom. The smallest absolute Gasteiger partial charge is 0.493 e. The molecule has 1 fully saturated rings. The zero-order chi connectivity index (χ0) is 26.4. The predicted molar refractivity (Wildman–Crippen MR) is 135 cm³/mol. The topological polar surface area (TPSA) is 65.1 Å². The zero-order valence-corrected chi connectivity index (χ0v) is 21.0. The molecular formula is C27H30F3N3O4. The van der Waals surface area contributed by atoms with Crippen LogP contribution in [0.3, 0.4) is 0 Å².